The molecular weight excluding hydrogens is 274 g/mol. The lowest BCUT2D eigenvalue weighted by atomic mass is 9.96. The quantitative estimate of drug-likeness (QED) is 0.941. The first-order chi connectivity index (χ1) is 10.8. The van der Waals surface area contributed by atoms with Crippen molar-refractivity contribution in [2.45, 2.75) is 12.6 Å². The molecule has 3 rings (SSSR count). The molecule has 1 heterocycles. The van der Waals surface area contributed by atoms with Crippen LogP contribution in [0.25, 0.3) is 5.57 Å². The number of hydrogen-bond acceptors (Lipinski definition) is 3. The van der Waals surface area contributed by atoms with E-state index in [0.717, 1.165) is 30.0 Å². The minimum Gasteiger partial charge on any atom is -0.497 e. The van der Waals surface area contributed by atoms with Crippen molar-refractivity contribution in [1.82, 2.24) is 4.90 Å². The monoisotopic (exact) mass is 295 g/mol. The summed E-state index contributed by atoms with van der Waals surface area (Å²) in [6, 6.07) is 18.2. The Morgan fingerprint density at radius 1 is 1.09 bits per heavy atom. The normalized spacial score (nSPS) is 18.8. The highest BCUT2D eigenvalue weighted by Gasteiger charge is 2.21. The minimum absolute atomic E-state index is 0.453. The van der Waals surface area contributed by atoms with E-state index in [1.54, 1.807) is 7.11 Å². The molecule has 1 aliphatic heterocycles. The first kappa shape index (κ1) is 14.8. The second-order valence-electron chi connectivity index (χ2n) is 5.58. The maximum Gasteiger partial charge on any atom is 0.118 e. The third-order valence-corrected chi connectivity index (χ3v) is 4.03. The summed E-state index contributed by atoms with van der Waals surface area (Å²) in [4.78, 5) is 2.26. The second-order valence-corrected chi connectivity index (χ2v) is 5.58. The largest absolute Gasteiger partial charge is 0.497 e. The van der Waals surface area contributed by atoms with Gasteiger partial charge in [0.15, 0.2) is 0 Å². The Kier molecular flexibility index (Phi) is 4.56. The number of methoxy groups -OCH3 is 1. The number of β-amino-alcohol motifs (C(OH)–C–C–N with tert-alkyl or cyclic N) is 1. The summed E-state index contributed by atoms with van der Waals surface area (Å²) in [6.07, 6.45) is 1.67. The molecule has 0 aromatic heterocycles. The van der Waals surface area contributed by atoms with E-state index in [9.17, 15) is 5.11 Å². The van der Waals surface area contributed by atoms with Crippen LogP contribution in [0.15, 0.2) is 60.7 Å². The molecule has 0 fully saturated rings. The molecule has 0 amide bonds. The Morgan fingerprint density at radius 3 is 2.45 bits per heavy atom. The van der Waals surface area contributed by atoms with Gasteiger partial charge in [-0.25, -0.2) is 0 Å². The predicted molar refractivity (Wildman–Crippen MR) is 88.7 cm³/mol. The molecule has 2 aromatic carbocycles. The van der Waals surface area contributed by atoms with Crippen LogP contribution in [0.4, 0.5) is 0 Å². The zero-order valence-electron chi connectivity index (χ0n) is 12.8. The average molecular weight is 295 g/mol. The minimum atomic E-state index is -0.453. The van der Waals surface area contributed by atoms with E-state index in [4.69, 9.17) is 4.74 Å². The fourth-order valence-electron chi connectivity index (χ4n) is 2.85. The predicted octanol–water partition coefficient (Wildman–Crippen LogP) is 2.96. The first-order valence-corrected chi connectivity index (χ1v) is 7.55. The third kappa shape index (κ3) is 3.38. The van der Waals surface area contributed by atoms with Crippen LogP contribution in [0.5, 0.6) is 5.75 Å². The van der Waals surface area contributed by atoms with Crippen LogP contribution in [0.1, 0.15) is 11.1 Å². The van der Waals surface area contributed by atoms with Gasteiger partial charge in [-0.3, -0.25) is 4.90 Å². The van der Waals surface area contributed by atoms with Crippen molar-refractivity contribution in [1.29, 1.82) is 0 Å². The van der Waals surface area contributed by atoms with Crippen molar-refractivity contribution in [3.63, 3.8) is 0 Å². The van der Waals surface area contributed by atoms with Gasteiger partial charge in [-0.05, 0) is 28.8 Å². The maximum atomic E-state index is 10.5. The molecule has 0 aliphatic carbocycles. The molecule has 0 radical (unpaired) electrons. The highest BCUT2D eigenvalue weighted by molar-refractivity contribution is 5.70. The van der Waals surface area contributed by atoms with Crippen molar-refractivity contribution >= 4 is 5.57 Å². The number of hydrogen-bond donors (Lipinski definition) is 1. The number of aliphatic hydroxyl groups is 1. The Balaban J connectivity index is 1.70. The van der Waals surface area contributed by atoms with Gasteiger partial charge in [-0.2, -0.15) is 0 Å². The molecular formula is C19H21NO2. The molecule has 3 nitrogen and oxygen atoms in total. The zero-order chi connectivity index (χ0) is 15.4. The van der Waals surface area contributed by atoms with Crippen molar-refractivity contribution in [2.24, 2.45) is 0 Å². The van der Waals surface area contributed by atoms with Crippen molar-refractivity contribution in [2.75, 3.05) is 20.2 Å². The Labute approximate surface area is 131 Å². The molecule has 0 saturated carbocycles. The summed E-state index contributed by atoms with van der Waals surface area (Å²) >= 11 is 0. The Bertz CT molecular complexity index is 634. The van der Waals surface area contributed by atoms with Crippen LogP contribution in [-0.2, 0) is 6.54 Å². The number of rotatable bonds is 4. The van der Waals surface area contributed by atoms with Gasteiger partial charge in [0.1, 0.15) is 5.75 Å². The van der Waals surface area contributed by atoms with Gasteiger partial charge in [0.2, 0.25) is 0 Å². The van der Waals surface area contributed by atoms with E-state index < -0.39 is 6.10 Å². The van der Waals surface area contributed by atoms with Crippen LogP contribution >= 0.6 is 0 Å². The lowest BCUT2D eigenvalue weighted by molar-refractivity contribution is 0.148. The van der Waals surface area contributed by atoms with E-state index >= 15 is 0 Å². The van der Waals surface area contributed by atoms with E-state index in [-0.39, 0.29) is 0 Å². The van der Waals surface area contributed by atoms with Crippen LogP contribution in [-0.4, -0.2) is 36.3 Å². The van der Waals surface area contributed by atoms with Gasteiger partial charge in [-0.15, -0.1) is 0 Å². The molecule has 1 N–H and O–H groups in total. The van der Waals surface area contributed by atoms with Crippen LogP contribution in [0.3, 0.4) is 0 Å². The fourth-order valence-corrected chi connectivity index (χ4v) is 2.85. The smallest absolute Gasteiger partial charge is 0.118 e. The van der Waals surface area contributed by atoms with E-state index in [1.807, 2.05) is 42.5 Å². The van der Waals surface area contributed by atoms with Crippen molar-refractivity contribution < 1.29 is 9.84 Å². The number of benzene rings is 2. The SMILES string of the molecule is COc1ccc(C2=CCN(Cc3ccccc3)CC2O)cc1. The van der Waals surface area contributed by atoms with Gasteiger partial charge in [0.05, 0.1) is 13.2 Å². The van der Waals surface area contributed by atoms with Gasteiger partial charge in [0, 0.05) is 19.6 Å². The molecule has 1 atom stereocenters. The second kappa shape index (κ2) is 6.77. The van der Waals surface area contributed by atoms with E-state index in [2.05, 4.69) is 23.1 Å². The standard InChI is InChI=1S/C19H21NO2/c1-22-17-9-7-16(8-10-17)18-11-12-20(14-19(18)21)13-15-5-3-2-4-6-15/h2-11,19,21H,12-14H2,1H3. The van der Waals surface area contributed by atoms with Crippen LogP contribution in [0.2, 0.25) is 0 Å². The lowest BCUT2D eigenvalue weighted by Crippen LogP contribution is -2.36. The van der Waals surface area contributed by atoms with Gasteiger partial charge in [0.25, 0.3) is 0 Å². The van der Waals surface area contributed by atoms with Crippen molar-refractivity contribution in [3.05, 3.63) is 71.8 Å². The molecule has 0 saturated heterocycles. The Morgan fingerprint density at radius 2 is 1.82 bits per heavy atom. The molecule has 2 aromatic rings. The molecule has 114 valence electrons. The van der Waals surface area contributed by atoms with Gasteiger partial charge < -0.3 is 9.84 Å². The zero-order valence-corrected chi connectivity index (χ0v) is 12.8. The highest BCUT2D eigenvalue weighted by Crippen LogP contribution is 2.25. The Hall–Kier alpha value is -2.10. The van der Waals surface area contributed by atoms with Crippen LogP contribution < -0.4 is 4.74 Å². The van der Waals surface area contributed by atoms with Gasteiger partial charge >= 0.3 is 0 Å². The summed E-state index contributed by atoms with van der Waals surface area (Å²) in [5, 5.41) is 10.5. The molecule has 1 unspecified atom stereocenters. The summed E-state index contributed by atoms with van der Waals surface area (Å²) in [5.41, 5.74) is 3.34. The topological polar surface area (TPSA) is 32.7 Å². The fraction of sp³-hybridized carbons (Fsp3) is 0.263. The number of aliphatic hydroxyl groups excluding tert-OH is 1. The summed E-state index contributed by atoms with van der Waals surface area (Å²) in [5.74, 6) is 0.834. The number of ether oxygens (including phenoxy) is 1. The van der Waals surface area contributed by atoms with E-state index in [1.165, 1.54) is 5.56 Å². The molecule has 1 aliphatic rings. The highest BCUT2D eigenvalue weighted by atomic mass is 16.5. The summed E-state index contributed by atoms with van der Waals surface area (Å²) in [6.45, 7) is 2.38. The molecule has 3 heteroatoms. The first-order valence-electron chi connectivity index (χ1n) is 7.55. The average Bonchev–Trinajstić information content (AvgIpc) is 2.56. The summed E-state index contributed by atoms with van der Waals surface area (Å²) in [7, 11) is 1.66. The lowest BCUT2D eigenvalue weighted by Gasteiger charge is -2.30. The maximum absolute atomic E-state index is 10.5. The van der Waals surface area contributed by atoms with Crippen molar-refractivity contribution in [3.8, 4) is 5.75 Å². The number of nitrogens with zero attached hydrogens (tertiary/aromatic N) is 1. The van der Waals surface area contributed by atoms with E-state index in [0.29, 0.717) is 6.54 Å². The summed E-state index contributed by atoms with van der Waals surface area (Å²) < 4.78 is 5.18. The van der Waals surface area contributed by atoms with Crippen LogP contribution in [0, 0.1) is 0 Å². The molecule has 0 spiro atoms. The third-order valence-electron chi connectivity index (χ3n) is 4.03. The van der Waals surface area contributed by atoms with Gasteiger partial charge in [-0.1, -0.05) is 48.5 Å². The molecule has 0 bridgehead atoms. The molecule has 22 heavy (non-hydrogen) atoms.